The number of amides is 1. The summed E-state index contributed by atoms with van der Waals surface area (Å²) in [6.45, 7) is 2.66. The SMILES string of the molecule is CC(N)(C(=O)NCCCC1CC1)C1CC1. The molecule has 0 heterocycles. The topological polar surface area (TPSA) is 55.1 Å². The van der Waals surface area contributed by atoms with Crippen molar-refractivity contribution >= 4 is 5.91 Å². The van der Waals surface area contributed by atoms with Gasteiger partial charge in [-0.05, 0) is 44.4 Å². The van der Waals surface area contributed by atoms with Gasteiger partial charge in [0.2, 0.25) is 5.91 Å². The third kappa shape index (κ3) is 2.94. The first-order chi connectivity index (χ1) is 7.10. The van der Waals surface area contributed by atoms with Crippen molar-refractivity contribution in [2.45, 2.75) is 51.0 Å². The highest BCUT2D eigenvalue weighted by Crippen LogP contribution is 2.38. The van der Waals surface area contributed by atoms with Crippen molar-refractivity contribution in [1.82, 2.24) is 5.32 Å². The number of hydrogen-bond acceptors (Lipinski definition) is 2. The highest BCUT2D eigenvalue weighted by atomic mass is 16.2. The summed E-state index contributed by atoms with van der Waals surface area (Å²) < 4.78 is 0. The van der Waals surface area contributed by atoms with Crippen LogP contribution in [0.4, 0.5) is 0 Å². The third-order valence-electron chi connectivity index (χ3n) is 3.69. The van der Waals surface area contributed by atoms with Crippen molar-refractivity contribution in [3.63, 3.8) is 0 Å². The summed E-state index contributed by atoms with van der Waals surface area (Å²) in [6, 6.07) is 0. The Morgan fingerprint density at radius 3 is 2.60 bits per heavy atom. The number of nitrogens with two attached hydrogens (primary N) is 1. The maximum absolute atomic E-state index is 11.8. The van der Waals surface area contributed by atoms with Gasteiger partial charge < -0.3 is 11.1 Å². The van der Waals surface area contributed by atoms with Crippen molar-refractivity contribution in [2.24, 2.45) is 17.6 Å². The van der Waals surface area contributed by atoms with E-state index in [1.807, 2.05) is 6.92 Å². The Bertz CT molecular complexity index is 242. The lowest BCUT2D eigenvalue weighted by molar-refractivity contribution is -0.126. The molecule has 2 aliphatic carbocycles. The maximum atomic E-state index is 11.8. The Labute approximate surface area is 91.8 Å². The van der Waals surface area contributed by atoms with Gasteiger partial charge in [0.15, 0.2) is 0 Å². The number of carbonyl (C=O) groups excluding carboxylic acids is 1. The summed E-state index contributed by atoms with van der Waals surface area (Å²) >= 11 is 0. The van der Waals surface area contributed by atoms with Crippen molar-refractivity contribution in [3.05, 3.63) is 0 Å². The summed E-state index contributed by atoms with van der Waals surface area (Å²) in [5.41, 5.74) is 5.38. The van der Waals surface area contributed by atoms with Gasteiger partial charge in [-0.15, -0.1) is 0 Å². The Hall–Kier alpha value is -0.570. The first-order valence-electron chi connectivity index (χ1n) is 6.18. The second-order valence-electron chi connectivity index (χ2n) is 5.40. The van der Waals surface area contributed by atoms with E-state index in [-0.39, 0.29) is 5.91 Å². The molecule has 1 unspecified atom stereocenters. The zero-order chi connectivity index (χ0) is 10.9. The summed E-state index contributed by atoms with van der Waals surface area (Å²) in [5, 5.41) is 2.96. The van der Waals surface area contributed by atoms with Crippen LogP contribution in [0.3, 0.4) is 0 Å². The average molecular weight is 210 g/mol. The first kappa shape index (κ1) is 10.9. The largest absolute Gasteiger partial charge is 0.355 e. The Balaban J connectivity index is 1.62. The van der Waals surface area contributed by atoms with Gasteiger partial charge in [0.05, 0.1) is 5.54 Å². The van der Waals surface area contributed by atoms with Gasteiger partial charge in [-0.2, -0.15) is 0 Å². The molecule has 3 heteroatoms. The molecule has 0 radical (unpaired) electrons. The van der Waals surface area contributed by atoms with Gasteiger partial charge in [-0.25, -0.2) is 0 Å². The lowest BCUT2D eigenvalue weighted by Gasteiger charge is -2.23. The molecular weight excluding hydrogens is 188 g/mol. The molecule has 0 aromatic carbocycles. The summed E-state index contributed by atoms with van der Waals surface area (Å²) in [4.78, 5) is 11.8. The fourth-order valence-corrected chi connectivity index (χ4v) is 2.06. The van der Waals surface area contributed by atoms with Crippen LogP contribution in [-0.4, -0.2) is 18.0 Å². The van der Waals surface area contributed by atoms with Gasteiger partial charge in [0.25, 0.3) is 0 Å². The van der Waals surface area contributed by atoms with E-state index >= 15 is 0 Å². The zero-order valence-electron chi connectivity index (χ0n) is 9.59. The minimum atomic E-state index is -0.625. The van der Waals surface area contributed by atoms with Crippen LogP contribution < -0.4 is 11.1 Å². The molecule has 1 atom stereocenters. The fourth-order valence-electron chi connectivity index (χ4n) is 2.06. The van der Waals surface area contributed by atoms with Gasteiger partial charge >= 0.3 is 0 Å². The van der Waals surface area contributed by atoms with Crippen LogP contribution >= 0.6 is 0 Å². The van der Waals surface area contributed by atoms with Crippen LogP contribution in [0.1, 0.15) is 45.4 Å². The average Bonchev–Trinajstić information content (AvgIpc) is 3.04. The number of carbonyl (C=O) groups is 1. The van der Waals surface area contributed by atoms with Gasteiger partial charge in [-0.3, -0.25) is 4.79 Å². The van der Waals surface area contributed by atoms with Crippen LogP contribution in [-0.2, 0) is 4.79 Å². The molecule has 0 spiro atoms. The predicted octanol–water partition coefficient (Wildman–Crippen LogP) is 1.42. The maximum Gasteiger partial charge on any atom is 0.240 e. The fraction of sp³-hybridized carbons (Fsp3) is 0.917. The Morgan fingerprint density at radius 1 is 1.40 bits per heavy atom. The molecule has 15 heavy (non-hydrogen) atoms. The van der Waals surface area contributed by atoms with E-state index in [1.165, 1.54) is 19.3 Å². The molecule has 3 N–H and O–H groups in total. The van der Waals surface area contributed by atoms with Crippen LogP contribution in [0, 0.1) is 11.8 Å². The van der Waals surface area contributed by atoms with E-state index in [0.29, 0.717) is 5.92 Å². The summed E-state index contributed by atoms with van der Waals surface area (Å²) in [5.74, 6) is 1.41. The summed E-state index contributed by atoms with van der Waals surface area (Å²) in [6.07, 6.45) is 7.39. The monoisotopic (exact) mass is 210 g/mol. The van der Waals surface area contributed by atoms with Crippen molar-refractivity contribution < 1.29 is 4.79 Å². The zero-order valence-corrected chi connectivity index (χ0v) is 9.59. The van der Waals surface area contributed by atoms with Gasteiger partial charge in [0, 0.05) is 6.54 Å². The quantitative estimate of drug-likeness (QED) is 0.651. The van der Waals surface area contributed by atoms with Gasteiger partial charge in [0.1, 0.15) is 0 Å². The predicted molar refractivity (Wildman–Crippen MR) is 60.3 cm³/mol. The highest BCUT2D eigenvalue weighted by Gasteiger charge is 2.43. The second-order valence-corrected chi connectivity index (χ2v) is 5.40. The van der Waals surface area contributed by atoms with E-state index in [4.69, 9.17) is 5.73 Å². The minimum Gasteiger partial charge on any atom is -0.355 e. The lowest BCUT2D eigenvalue weighted by atomic mass is 9.96. The molecule has 1 amide bonds. The number of rotatable bonds is 6. The van der Waals surface area contributed by atoms with E-state index in [2.05, 4.69) is 5.32 Å². The van der Waals surface area contributed by atoms with Crippen LogP contribution in [0.5, 0.6) is 0 Å². The molecule has 86 valence electrons. The van der Waals surface area contributed by atoms with E-state index in [9.17, 15) is 4.79 Å². The first-order valence-corrected chi connectivity index (χ1v) is 6.18. The van der Waals surface area contributed by atoms with Crippen molar-refractivity contribution in [1.29, 1.82) is 0 Å². The molecule has 0 saturated heterocycles. The molecule has 0 bridgehead atoms. The third-order valence-corrected chi connectivity index (χ3v) is 3.69. The molecule has 3 nitrogen and oxygen atoms in total. The van der Waals surface area contributed by atoms with Crippen molar-refractivity contribution in [2.75, 3.05) is 6.54 Å². The van der Waals surface area contributed by atoms with E-state index in [1.54, 1.807) is 0 Å². The molecular formula is C12H22N2O. The van der Waals surface area contributed by atoms with E-state index in [0.717, 1.165) is 31.7 Å². The van der Waals surface area contributed by atoms with Crippen LogP contribution in [0.25, 0.3) is 0 Å². The lowest BCUT2D eigenvalue weighted by Crippen LogP contribution is -2.53. The highest BCUT2D eigenvalue weighted by molar-refractivity contribution is 5.86. The van der Waals surface area contributed by atoms with Gasteiger partial charge in [-0.1, -0.05) is 12.8 Å². The number of hydrogen-bond donors (Lipinski definition) is 2. The molecule has 2 saturated carbocycles. The Morgan fingerprint density at radius 2 is 2.07 bits per heavy atom. The second kappa shape index (κ2) is 4.12. The smallest absolute Gasteiger partial charge is 0.240 e. The van der Waals surface area contributed by atoms with Crippen LogP contribution in [0.15, 0.2) is 0 Å². The number of nitrogens with one attached hydrogen (secondary N) is 1. The normalized spacial score (nSPS) is 24.7. The molecule has 0 aromatic rings. The molecule has 2 rings (SSSR count). The molecule has 2 aliphatic rings. The molecule has 2 fully saturated rings. The Kier molecular flexibility index (Phi) is 3.01. The standard InChI is InChI=1S/C12H22N2O/c1-12(13,10-6-7-10)11(15)14-8-2-3-9-4-5-9/h9-10H,2-8,13H2,1H3,(H,14,15). The molecule has 0 aliphatic heterocycles. The summed E-state index contributed by atoms with van der Waals surface area (Å²) in [7, 11) is 0. The minimum absolute atomic E-state index is 0.0424. The van der Waals surface area contributed by atoms with Crippen LogP contribution in [0.2, 0.25) is 0 Å². The molecule has 0 aromatic heterocycles. The van der Waals surface area contributed by atoms with Crippen molar-refractivity contribution in [3.8, 4) is 0 Å². The van der Waals surface area contributed by atoms with E-state index < -0.39 is 5.54 Å².